The maximum Gasteiger partial charge on any atom is 0.361 e. The van der Waals surface area contributed by atoms with Crippen molar-refractivity contribution in [1.82, 2.24) is 9.78 Å². The highest BCUT2D eigenvalue weighted by atomic mass is 16.5. The maximum absolute atomic E-state index is 11.5. The van der Waals surface area contributed by atoms with Crippen LogP contribution < -0.4 is 0 Å². The topological polar surface area (TPSA) is 76.7 Å². The van der Waals surface area contributed by atoms with Gasteiger partial charge in [0.25, 0.3) is 0 Å². The number of aromatic nitrogens is 2. The van der Waals surface area contributed by atoms with E-state index in [2.05, 4.69) is 10.3 Å². The van der Waals surface area contributed by atoms with Gasteiger partial charge in [0.1, 0.15) is 0 Å². The highest BCUT2D eigenvalue weighted by Crippen LogP contribution is 2.14. The molecule has 88 valence electrons. The van der Waals surface area contributed by atoms with E-state index in [-0.39, 0.29) is 12.3 Å². The summed E-state index contributed by atoms with van der Waals surface area (Å²) < 4.78 is 6.42. The zero-order valence-corrected chi connectivity index (χ0v) is 9.81. The average Bonchev–Trinajstić information content (AvgIpc) is 2.46. The molecular weight excluding hydrogens is 210 g/mol. The standard InChI is InChI=1S/C10H15N3O3/c1-5-16-10(14)9(12-15)8-6(2)11-13(4)7(8)3/h15H,5H2,1-4H3/b12-9-. The van der Waals surface area contributed by atoms with Crippen LogP contribution in [0.5, 0.6) is 0 Å². The number of aryl methyl sites for hydroxylation is 2. The summed E-state index contributed by atoms with van der Waals surface area (Å²) in [5.41, 5.74) is 1.78. The summed E-state index contributed by atoms with van der Waals surface area (Å²) >= 11 is 0. The van der Waals surface area contributed by atoms with Crippen LogP contribution >= 0.6 is 0 Å². The summed E-state index contributed by atoms with van der Waals surface area (Å²) in [6, 6.07) is 0. The molecular formula is C10H15N3O3. The van der Waals surface area contributed by atoms with Crippen molar-refractivity contribution in [2.45, 2.75) is 20.8 Å². The van der Waals surface area contributed by atoms with Crippen molar-refractivity contribution in [3.8, 4) is 0 Å². The number of nitrogens with zero attached hydrogens (tertiary/aromatic N) is 3. The number of rotatable bonds is 3. The largest absolute Gasteiger partial charge is 0.461 e. The van der Waals surface area contributed by atoms with Crippen LogP contribution in [0.15, 0.2) is 5.16 Å². The summed E-state index contributed by atoms with van der Waals surface area (Å²) in [5, 5.41) is 16.0. The molecule has 1 aromatic rings. The minimum absolute atomic E-state index is 0.107. The molecule has 6 nitrogen and oxygen atoms in total. The Hall–Kier alpha value is -1.85. The van der Waals surface area contributed by atoms with E-state index in [0.717, 1.165) is 5.69 Å². The SMILES string of the molecule is CCOC(=O)/C(=N\O)c1c(C)nn(C)c1C. The minimum atomic E-state index is -0.649. The van der Waals surface area contributed by atoms with Crippen LogP contribution in [0.25, 0.3) is 0 Å². The molecule has 0 saturated carbocycles. The van der Waals surface area contributed by atoms with Crippen molar-refractivity contribution in [1.29, 1.82) is 0 Å². The molecule has 1 aromatic heterocycles. The van der Waals surface area contributed by atoms with Gasteiger partial charge in [-0.25, -0.2) is 4.79 Å². The van der Waals surface area contributed by atoms with E-state index in [1.54, 1.807) is 32.5 Å². The van der Waals surface area contributed by atoms with Gasteiger partial charge in [0, 0.05) is 12.7 Å². The average molecular weight is 225 g/mol. The van der Waals surface area contributed by atoms with E-state index in [4.69, 9.17) is 9.94 Å². The third-order valence-corrected chi connectivity index (χ3v) is 2.31. The highest BCUT2D eigenvalue weighted by Gasteiger charge is 2.23. The zero-order chi connectivity index (χ0) is 12.3. The number of esters is 1. The van der Waals surface area contributed by atoms with E-state index >= 15 is 0 Å². The van der Waals surface area contributed by atoms with Gasteiger partial charge in [-0.3, -0.25) is 4.68 Å². The van der Waals surface area contributed by atoms with Crippen molar-refractivity contribution in [3.05, 3.63) is 17.0 Å². The molecule has 0 aliphatic rings. The Morgan fingerprint density at radius 3 is 2.56 bits per heavy atom. The molecule has 0 bridgehead atoms. The summed E-state index contributed by atoms with van der Waals surface area (Å²) in [4.78, 5) is 11.5. The van der Waals surface area contributed by atoms with Crippen molar-refractivity contribution in [2.75, 3.05) is 6.61 Å². The maximum atomic E-state index is 11.5. The molecule has 1 heterocycles. The Morgan fingerprint density at radius 1 is 1.56 bits per heavy atom. The van der Waals surface area contributed by atoms with Crippen LogP contribution in [-0.2, 0) is 16.6 Å². The molecule has 16 heavy (non-hydrogen) atoms. The number of ether oxygens (including phenoxy) is 1. The minimum Gasteiger partial charge on any atom is -0.461 e. The number of carbonyl (C=O) groups excluding carboxylic acids is 1. The normalized spacial score (nSPS) is 11.6. The van der Waals surface area contributed by atoms with E-state index in [1.807, 2.05) is 0 Å². The first-order valence-corrected chi connectivity index (χ1v) is 4.92. The Balaban J connectivity index is 3.20. The number of hydrogen-bond donors (Lipinski definition) is 1. The van der Waals surface area contributed by atoms with Gasteiger partial charge in [0.15, 0.2) is 5.71 Å². The summed E-state index contributed by atoms with van der Waals surface area (Å²) in [6.07, 6.45) is 0. The second kappa shape index (κ2) is 4.78. The molecule has 1 N–H and O–H groups in total. The van der Waals surface area contributed by atoms with Crippen molar-refractivity contribution < 1.29 is 14.7 Å². The van der Waals surface area contributed by atoms with Crippen molar-refractivity contribution >= 4 is 11.7 Å². The highest BCUT2D eigenvalue weighted by molar-refractivity contribution is 6.43. The predicted molar refractivity (Wildman–Crippen MR) is 57.6 cm³/mol. The van der Waals surface area contributed by atoms with Gasteiger partial charge in [-0.05, 0) is 20.8 Å². The Labute approximate surface area is 93.5 Å². The molecule has 0 atom stereocenters. The fourth-order valence-electron chi connectivity index (χ4n) is 1.51. The molecule has 0 radical (unpaired) electrons. The van der Waals surface area contributed by atoms with Crippen LogP contribution in [0, 0.1) is 13.8 Å². The van der Waals surface area contributed by atoms with Gasteiger partial charge in [-0.1, -0.05) is 5.16 Å². The summed E-state index contributed by atoms with van der Waals surface area (Å²) in [6.45, 7) is 5.46. The van der Waals surface area contributed by atoms with E-state index in [1.165, 1.54) is 0 Å². The van der Waals surface area contributed by atoms with Crippen LogP contribution in [0.3, 0.4) is 0 Å². The van der Waals surface area contributed by atoms with E-state index < -0.39 is 5.97 Å². The molecule has 0 saturated heterocycles. The Kier molecular flexibility index (Phi) is 3.65. The lowest BCUT2D eigenvalue weighted by Crippen LogP contribution is -2.20. The lowest BCUT2D eigenvalue weighted by Gasteiger charge is -2.04. The summed E-state index contributed by atoms with van der Waals surface area (Å²) in [7, 11) is 1.76. The second-order valence-corrected chi connectivity index (χ2v) is 3.34. The molecule has 0 spiro atoms. The molecule has 6 heteroatoms. The van der Waals surface area contributed by atoms with E-state index in [9.17, 15) is 4.79 Å². The molecule has 1 rings (SSSR count). The van der Waals surface area contributed by atoms with E-state index in [0.29, 0.717) is 11.3 Å². The first kappa shape index (κ1) is 12.2. The molecule has 0 aliphatic carbocycles. The molecule has 0 fully saturated rings. The van der Waals surface area contributed by atoms with Crippen molar-refractivity contribution in [2.24, 2.45) is 12.2 Å². The van der Waals surface area contributed by atoms with Crippen LogP contribution in [0.1, 0.15) is 23.9 Å². The quantitative estimate of drug-likeness (QED) is 0.357. The monoisotopic (exact) mass is 225 g/mol. The van der Waals surface area contributed by atoms with Crippen molar-refractivity contribution in [3.63, 3.8) is 0 Å². The smallest absolute Gasteiger partial charge is 0.361 e. The van der Waals surface area contributed by atoms with Crippen LogP contribution in [0.2, 0.25) is 0 Å². The first-order chi connectivity index (χ1) is 7.52. The van der Waals surface area contributed by atoms with Gasteiger partial charge in [0.2, 0.25) is 0 Å². The summed E-state index contributed by atoms with van der Waals surface area (Å²) in [5.74, 6) is -0.649. The fraction of sp³-hybridized carbons (Fsp3) is 0.500. The zero-order valence-electron chi connectivity index (χ0n) is 9.81. The lowest BCUT2D eigenvalue weighted by atomic mass is 10.1. The lowest BCUT2D eigenvalue weighted by molar-refractivity contribution is -0.135. The molecule has 0 aliphatic heterocycles. The first-order valence-electron chi connectivity index (χ1n) is 4.92. The third kappa shape index (κ3) is 2.05. The molecule has 0 amide bonds. The fourth-order valence-corrected chi connectivity index (χ4v) is 1.51. The van der Waals surface area contributed by atoms with Gasteiger partial charge >= 0.3 is 5.97 Å². The van der Waals surface area contributed by atoms with Gasteiger partial charge in [-0.15, -0.1) is 0 Å². The predicted octanol–water partition coefficient (Wildman–Crippen LogP) is 0.778. The number of carbonyl (C=O) groups is 1. The number of hydrogen-bond acceptors (Lipinski definition) is 5. The molecule has 0 unspecified atom stereocenters. The molecule has 0 aromatic carbocycles. The second-order valence-electron chi connectivity index (χ2n) is 3.34. The van der Waals surface area contributed by atoms with Gasteiger partial charge in [-0.2, -0.15) is 5.10 Å². The Morgan fingerprint density at radius 2 is 2.19 bits per heavy atom. The van der Waals surface area contributed by atoms with Crippen LogP contribution in [-0.4, -0.2) is 33.3 Å². The Bertz CT molecular complexity index is 435. The van der Waals surface area contributed by atoms with Gasteiger partial charge < -0.3 is 9.94 Å². The van der Waals surface area contributed by atoms with Gasteiger partial charge in [0.05, 0.1) is 17.9 Å². The van der Waals surface area contributed by atoms with Crippen LogP contribution in [0.4, 0.5) is 0 Å². The third-order valence-electron chi connectivity index (χ3n) is 2.31. The number of oxime groups is 1.